The second kappa shape index (κ2) is 6.32. The van der Waals surface area contributed by atoms with Crippen LogP contribution in [0.5, 0.6) is 0 Å². The Morgan fingerprint density at radius 2 is 1.83 bits per heavy atom. The molecule has 0 aromatic heterocycles. The summed E-state index contributed by atoms with van der Waals surface area (Å²) >= 11 is 0. The van der Waals surface area contributed by atoms with E-state index in [4.69, 9.17) is 4.74 Å². The topological polar surface area (TPSA) is 46.6 Å². The van der Waals surface area contributed by atoms with E-state index in [-0.39, 0.29) is 11.8 Å². The molecule has 122 valence electrons. The first-order valence-electron chi connectivity index (χ1n) is 7.93. The van der Waals surface area contributed by atoms with Crippen molar-refractivity contribution in [3.63, 3.8) is 0 Å². The molecule has 2 aromatic carbocycles. The number of fused-ring (bicyclic) bond motifs is 1. The van der Waals surface area contributed by atoms with E-state index in [9.17, 15) is 9.59 Å². The fraction of sp³-hybridized carbons (Fsp3) is 0.200. The number of carbonyl (C=O) groups excluding carboxylic acids is 2. The largest absolute Gasteiger partial charge is 0.492 e. The lowest BCUT2D eigenvalue weighted by Crippen LogP contribution is -2.31. The molecule has 3 rings (SSSR count). The zero-order valence-corrected chi connectivity index (χ0v) is 14.0. The second-order valence-electron chi connectivity index (χ2n) is 5.68. The van der Waals surface area contributed by atoms with Crippen molar-refractivity contribution < 1.29 is 14.3 Å². The van der Waals surface area contributed by atoms with Crippen LogP contribution in [0.25, 0.3) is 11.3 Å². The van der Waals surface area contributed by atoms with Crippen molar-refractivity contribution in [2.45, 2.75) is 20.8 Å². The van der Waals surface area contributed by atoms with Crippen LogP contribution >= 0.6 is 0 Å². The molecule has 0 saturated carbocycles. The van der Waals surface area contributed by atoms with Crippen LogP contribution < -0.4 is 4.90 Å². The van der Waals surface area contributed by atoms with Gasteiger partial charge in [-0.05, 0) is 25.5 Å². The van der Waals surface area contributed by atoms with Gasteiger partial charge in [-0.1, -0.05) is 42.5 Å². The summed E-state index contributed by atoms with van der Waals surface area (Å²) in [5.41, 5.74) is 3.60. The van der Waals surface area contributed by atoms with E-state index < -0.39 is 0 Å². The molecule has 0 saturated heterocycles. The van der Waals surface area contributed by atoms with E-state index in [0.29, 0.717) is 23.6 Å². The molecule has 4 heteroatoms. The molecule has 0 fully saturated rings. The van der Waals surface area contributed by atoms with Crippen LogP contribution in [-0.4, -0.2) is 18.4 Å². The number of benzene rings is 2. The first kappa shape index (κ1) is 16.0. The van der Waals surface area contributed by atoms with Crippen LogP contribution in [0, 0.1) is 6.92 Å². The van der Waals surface area contributed by atoms with E-state index >= 15 is 0 Å². The minimum atomic E-state index is -0.338. The smallest absolute Gasteiger partial charge is 0.269 e. The molecule has 24 heavy (non-hydrogen) atoms. The molecule has 0 aliphatic carbocycles. The van der Waals surface area contributed by atoms with Gasteiger partial charge in [0.05, 0.1) is 17.9 Å². The summed E-state index contributed by atoms with van der Waals surface area (Å²) in [7, 11) is 0. The van der Waals surface area contributed by atoms with Crippen molar-refractivity contribution in [3.8, 4) is 0 Å². The number of amides is 2. The van der Waals surface area contributed by atoms with Gasteiger partial charge in [0, 0.05) is 18.1 Å². The zero-order chi connectivity index (χ0) is 17.3. The number of aryl methyl sites for hydroxylation is 1. The molecule has 1 heterocycles. The SMILES string of the molecule is CCOC(=C1C(=O)N(C(C)=O)c2cc(C)ccc21)c1ccccc1. The molecule has 0 atom stereocenters. The highest BCUT2D eigenvalue weighted by molar-refractivity contribution is 6.42. The maximum absolute atomic E-state index is 13.0. The molecule has 2 aromatic rings. The summed E-state index contributed by atoms with van der Waals surface area (Å²) in [6, 6.07) is 15.2. The number of ether oxygens (including phenoxy) is 1. The van der Waals surface area contributed by atoms with Crippen molar-refractivity contribution in [1.82, 2.24) is 0 Å². The summed E-state index contributed by atoms with van der Waals surface area (Å²) in [6.07, 6.45) is 0. The molecular weight excluding hydrogens is 302 g/mol. The number of anilines is 1. The van der Waals surface area contributed by atoms with Crippen LogP contribution in [0.3, 0.4) is 0 Å². The van der Waals surface area contributed by atoms with Crippen LogP contribution in [0.2, 0.25) is 0 Å². The average molecular weight is 321 g/mol. The van der Waals surface area contributed by atoms with Crippen molar-refractivity contribution in [2.75, 3.05) is 11.5 Å². The molecule has 1 aliphatic rings. The van der Waals surface area contributed by atoms with Crippen LogP contribution in [0.15, 0.2) is 48.5 Å². The van der Waals surface area contributed by atoms with Gasteiger partial charge in [-0.25, -0.2) is 4.90 Å². The Kier molecular flexibility index (Phi) is 4.21. The predicted octanol–water partition coefficient (Wildman–Crippen LogP) is 3.79. The number of hydrogen-bond donors (Lipinski definition) is 0. The lowest BCUT2D eigenvalue weighted by molar-refractivity contribution is -0.122. The minimum absolute atomic E-state index is 0.300. The number of imide groups is 1. The van der Waals surface area contributed by atoms with Gasteiger partial charge in [-0.3, -0.25) is 9.59 Å². The van der Waals surface area contributed by atoms with Gasteiger partial charge in [0.15, 0.2) is 0 Å². The van der Waals surface area contributed by atoms with Gasteiger partial charge in [-0.2, -0.15) is 0 Å². The van der Waals surface area contributed by atoms with Crippen LogP contribution in [0.4, 0.5) is 5.69 Å². The lowest BCUT2D eigenvalue weighted by Gasteiger charge is -2.13. The Morgan fingerprint density at radius 3 is 2.46 bits per heavy atom. The standard InChI is InChI=1S/C20H19NO3/c1-4-24-19(15-8-6-5-7-9-15)18-16-11-10-13(2)12-17(16)21(14(3)22)20(18)23/h5-12H,4H2,1-3H3. The third kappa shape index (κ3) is 2.60. The van der Waals surface area contributed by atoms with Gasteiger partial charge in [0.25, 0.3) is 5.91 Å². The molecule has 0 spiro atoms. The van der Waals surface area contributed by atoms with Gasteiger partial charge in [-0.15, -0.1) is 0 Å². The molecule has 0 radical (unpaired) electrons. The maximum Gasteiger partial charge on any atom is 0.269 e. The monoisotopic (exact) mass is 321 g/mol. The molecule has 0 unspecified atom stereocenters. The highest BCUT2D eigenvalue weighted by Crippen LogP contribution is 2.41. The molecule has 2 amide bonds. The second-order valence-corrected chi connectivity index (χ2v) is 5.68. The molecule has 0 bridgehead atoms. The van der Waals surface area contributed by atoms with E-state index in [0.717, 1.165) is 16.7 Å². The Balaban J connectivity index is 2.29. The third-order valence-corrected chi connectivity index (χ3v) is 3.95. The summed E-state index contributed by atoms with van der Waals surface area (Å²) in [5, 5.41) is 0. The van der Waals surface area contributed by atoms with Gasteiger partial charge < -0.3 is 4.74 Å². The normalized spacial score (nSPS) is 15.3. The third-order valence-electron chi connectivity index (χ3n) is 3.95. The summed E-state index contributed by atoms with van der Waals surface area (Å²) in [6.45, 7) is 5.64. The predicted molar refractivity (Wildman–Crippen MR) is 94.2 cm³/mol. The molecule has 1 aliphatic heterocycles. The Hall–Kier alpha value is -2.88. The summed E-state index contributed by atoms with van der Waals surface area (Å²) < 4.78 is 5.82. The first-order chi connectivity index (χ1) is 11.5. The van der Waals surface area contributed by atoms with Crippen molar-refractivity contribution in [3.05, 3.63) is 65.2 Å². The van der Waals surface area contributed by atoms with Crippen molar-refractivity contribution >= 4 is 28.8 Å². The average Bonchev–Trinajstić information content (AvgIpc) is 2.84. The first-order valence-corrected chi connectivity index (χ1v) is 7.93. The highest BCUT2D eigenvalue weighted by Gasteiger charge is 2.38. The Morgan fingerprint density at radius 1 is 1.12 bits per heavy atom. The minimum Gasteiger partial charge on any atom is -0.492 e. The van der Waals surface area contributed by atoms with Crippen molar-refractivity contribution in [2.24, 2.45) is 0 Å². The quantitative estimate of drug-likeness (QED) is 0.638. The number of rotatable bonds is 3. The summed E-state index contributed by atoms with van der Waals surface area (Å²) in [5.74, 6) is -0.127. The fourth-order valence-electron chi connectivity index (χ4n) is 2.94. The zero-order valence-electron chi connectivity index (χ0n) is 14.0. The molecule has 0 N–H and O–H groups in total. The molecular formula is C20H19NO3. The fourth-order valence-corrected chi connectivity index (χ4v) is 2.94. The van der Waals surface area contributed by atoms with E-state index in [1.54, 1.807) is 0 Å². The van der Waals surface area contributed by atoms with Gasteiger partial charge in [0.1, 0.15) is 5.76 Å². The van der Waals surface area contributed by atoms with Crippen molar-refractivity contribution in [1.29, 1.82) is 0 Å². The van der Waals surface area contributed by atoms with E-state index in [2.05, 4.69) is 0 Å². The highest BCUT2D eigenvalue weighted by atomic mass is 16.5. The molecule has 4 nitrogen and oxygen atoms in total. The maximum atomic E-state index is 13.0. The van der Waals surface area contributed by atoms with E-state index in [1.807, 2.05) is 62.4 Å². The number of nitrogens with zero attached hydrogens (tertiary/aromatic N) is 1. The van der Waals surface area contributed by atoms with Gasteiger partial charge in [0.2, 0.25) is 5.91 Å². The van der Waals surface area contributed by atoms with Gasteiger partial charge >= 0.3 is 0 Å². The lowest BCUT2D eigenvalue weighted by atomic mass is 10.0. The van der Waals surface area contributed by atoms with Crippen LogP contribution in [0.1, 0.15) is 30.5 Å². The number of carbonyl (C=O) groups is 2. The van der Waals surface area contributed by atoms with Crippen LogP contribution in [-0.2, 0) is 14.3 Å². The number of hydrogen-bond acceptors (Lipinski definition) is 3. The van der Waals surface area contributed by atoms with E-state index in [1.165, 1.54) is 11.8 Å². The Labute approximate surface area is 141 Å². The summed E-state index contributed by atoms with van der Waals surface area (Å²) in [4.78, 5) is 26.2. The Bertz CT molecular complexity index is 837.